The Bertz CT molecular complexity index is 711. The van der Waals surface area contributed by atoms with Gasteiger partial charge in [-0.25, -0.2) is 0 Å². The summed E-state index contributed by atoms with van der Waals surface area (Å²) in [6, 6.07) is 9.58. The van der Waals surface area contributed by atoms with E-state index in [-0.39, 0.29) is 18.4 Å². The number of nitrogens with zero attached hydrogens (tertiary/aromatic N) is 2. The smallest absolute Gasteiger partial charge is 0.245 e. The van der Waals surface area contributed by atoms with Crippen LogP contribution >= 0.6 is 11.5 Å². The van der Waals surface area contributed by atoms with Crippen molar-refractivity contribution in [3.63, 3.8) is 0 Å². The van der Waals surface area contributed by atoms with Crippen LogP contribution in [0.1, 0.15) is 38.5 Å². The molecule has 0 radical (unpaired) electrons. The van der Waals surface area contributed by atoms with Crippen LogP contribution in [0.4, 0.5) is 5.13 Å². The van der Waals surface area contributed by atoms with Gasteiger partial charge < -0.3 is 5.32 Å². The van der Waals surface area contributed by atoms with E-state index in [1.54, 1.807) is 0 Å². The molecule has 7 heteroatoms. The van der Waals surface area contributed by atoms with Crippen molar-refractivity contribution in [3.8, 4) is 11.4 Å². The van der Waals surface area contributed by atoms with Crippen molar-refractivity contribution in [1.82, 2.24) is 14.7 Å². The molecule has 132 valence electrons. The zero-order valence-electron chi connectivity index (χ0n) is 14.0. The highest BCUT2D eigenvalue weighted by Crippen LogP contribution is 2.26. The van der Waals surface area contributed by atoms with E-state index >= 15 is 0 Å². The molecule has 2 aromatic rings. The molecule has 1 aromatic carbocycles. The molecule has 6 nitrogen and oxygen atoms in total. The third-order valence-electron chi connectivity index (χ3n) is 4.35. The molecule has 0 spiro atoms. The number of rotatable bonds is 6. The average molecular weight is 358 g/mol. The molecule has 0 unspecified atom stereocenters. The molecule has 1 aliphatic rings. The fourth-order valence-corrected chi connectivity index (χ4v) is 3.65. The zero-order chi connectivity index (χ0) is 17.5. The molecule has 2 amide bonds. The Morgan fingerprint density at radius 1 is 1.08 bits per heavy atom. The van der Waals surface area contributed by atoms with E-state index in [1.165, 1.54) is 19.3 Å². The summed E-state index contributed by atoms with van der Waals surface area (Å²) in [5, 5.41) is 5.81. The predicted molar refractivity (Wildman–Crippen MR) is 98.2 cm³/mol. The summed E-state index contributed by atoms with van der Waals surface area (Å²) < 4.78 is 4.24. The highest BCUT2D eigenvalue weighted by atomic mass is 32.1. The van der Waals surface area contributed by atoms with Crippen molar-refractivity contribution in [1.29, 1.82) is 0 Å². The zero-order valence-corrected chi connectivity index (χ0v) is 14.8. The Hall–Kier alpha value is -2.28. The normalized spacial score (nSPS) is 14.9. The Morgan fingerprint density at radius 3 is 2.60 bits per heavy atom. The minimum absolute atomic E-state index is 0.0359. The lowest BCUT2D eigenvalue weighted by molar-refractivity contribution is -0.125. The van der Waals surface area contributed by atoms with Gasteiger partial charge in [-0.05, 0) is 18.8 Å². The van der Waals surface area contributed by atoms with Gasteiger partial charge >= 0.3 is 0 Å². The van der Waals surface area contributed by atoms with Crippen molar-refractivity contribution in [2.75, 3.05) is 11.9 Å². The third-order valence-corrected chi connectivity index (χ3v) is 4.98. The van der Waals surface area contributed by atoms with E-state index in [1.807, 2.05) is 30.3 Å². The molecule has 0 atom stereocenters. The summed E-state index contributed by atoms with van der Waals surface area (Å²) in [4.78, 5) is 28.2. The first kappa shape index (κ1) is 17.5. The highest BCUT2D eigenvalue weighted by Gasteiger charge is 2.17. The van der Waals surface area contributed by atoms with Crippen LogP contribution in [0, 0.1) is 5.92 Å². The average Bonchev–Trinajstić information content (AvgIpc) is 3.10. The van der Waals surface area contributed by atoms with Gasteiger partial charge in [0.15, 0.2) is 5.82 Å². The summed E-state index contributed by atoms with van der Waals surface area (Å²) in [6.07, 6.45) is 6.44. The fourth-order valence-electron chi connectivity index (χ4n) is 3.05. The van der Waals surface area contributed by atoms with Crippen molar-refractivity contribution in [2.24, 2.45) is 5.92 Å². The van der Waals surface area contributed by atoms with Crippen LogP contribution in [0.25, 0.3) is 11.4 Å². The maximum absolute atomic E-state index is 12.0. The molecule has 25 heavy (non-hydrogen) atoms. The van der Waals surface area contributed by atoms with Crippen LogP contribution < -0.4 is 10.6 Å². The van der Waals surface area contributed by atoms with E-state index in [4.69, 9.17) is 0 Å². The number of aromatic nitrogens is 2. The molecule has 2 N–H and O–H groups in total. The molecule has 1 aromatic heterocycles. The maximum Gasteiger partial charge on any atom is 0.245 e. The molecule has 1 heterocycles. The first-order valence-electron chi connectivity index (χ1n) is 8.66. The molecule has 1 fully saturated rings. The summed E-state index contributed by atoms with van der Waals surface area (Å²) in [6.45, 7) is -0.0359. The van der Waals surface area contributed by atoms with Gasteiger partial charge in [0.1, 0.15) is 0 Å². The van der Waals surface area contributed by atoms with Crippen LogP contribution in [0.3, 0.4) is 0 Å². The largest absolute Gasteiger partial charge is 0.347 e. The number of hydrogen-bond acceptors (Lipinski definition) is 5. The molecular weight excluding hydrogens is 336 g/mol. The second-order valence-electron chi connectivity index (χ2n) is 6.32. The molecule has 1 saturated carbocycles. The van der Waals surface area contributed by atoms with Crippen molar-refractivity contribution in [2.45, 2.75) is 38.5 Å². The summed E-state index contributed by atoms with van der Waals surface area (Å²) in [5.41, 5.74) is 0.903. The van der Waals surface area contributed by atoms with E-state index in [9.17, 15) is 9.59 Å². The number of carbonyl (C=O) groups excluding carboxylic acids is 2. The predicted octanol–water partition coefficient (Wildman–Crippen LogP) is 3.23. The van der Waals surface area contributed by atoms with Gasteiger partial charge in [0.05, 0.1) is 6.54 Å². The Kier molecular flexibility index (Phi) is 6.11. The molecule has 0 saturated heterocycles. The molecule has 1 aliphatic carbocycles. The quantitative estimate of drug-likeness (QED) is 0.830. The monoisotopic (exact) mass is 358 g/mol. The summed E-state index contributed by atoms with van der Waals surface area (Å²) in [7, 11) is 0. The summed E-state index contributed by atoms with van der Waals surface area (Å²) >= 11 is 1.13. The topological polar surface area (TPSA) is 84.0 Å². The molecule has 0 aliphatic heterocycles. The van der Waals surface area contributed by atoms with Gasteiger partial charge in [-0.15, -0.1) is 0 Å². The first-order chi connectivity index (χ1) is 12.2. The van der Waals surface area contributed by atoms with E-state index in [0.29, 0.717) is 23.3 Å². The Morgan fingerprint density at radius 2 is 1.84 bits per heavy atom. The van der Waals surface area contributed by atoms with E-state index in [0.717, 1.165) is 29.9 Å². The van der Waals surface area contributed by atoms with Gasteiger partial charge in [-0.1, -0.05) is 49.6 Å². The molecule has 0 bridgehead atoms. The van der Waals surface area contributed by atoms with Gasteiger partial charge in [-0.3, -0.25) is 14.9 Å². The Labute approximate surface area is 151 Å². The maximum atomic E-state index is 12.0. The molecular formula is C18H22N4O2S. The van der Waals surface area contributed by atoms with Crippen molar-refractivity contribution in [3.05, 3.63) is 30.3 Å². The van der Waals surface area contributed by atoms with Crippen molar-refractivity contribution >= 4 is 28.5 Å². The molecule has 3 rings (SSSR count). The number of amides is 2. The SMILES string of the molecule is O=C(CC1CCCCC1)NCC(=O)Nc1nc(-c2ccccc2)ns1. The van der Waals surface area contributed by atoms with Gasteiger partial charge in [0.25, 0.3) is 0 Å². The second-order valence-corrected chi connectivity index (χ2v) is 7.07. The number of nitrogens with one attached hydrogen (secondary N) is 2. The minimum atomic E-state index is -0.284. The van der Waals surface area contributed by atoms with Gasteiger partial charge in [-0.2, -0.15) is 9.36 Å². The second kappa shape index (κ2) is 8.71. The van der Waals surface area contributed by atoms with Gasteiger partial charge in [0, 0.05) is 23.5 Å². The Balaban J connectivity index is 1.43. The number of hydrogen-bond donors (Lipinski definition) is 2. The van der Waals surface area contributed by atoms with Crippen molar-refractivity contribution < 1.29 is 9.59 Å². The van der Waals surface area contributed by atoms with Crippen LogP contribution in [-0.2, 0) is 9.59 Å². The van der Waals surface area contributed by atoms with E-state index < -0.39 is 0 Å². The number of benzene rings is 1. The van der Waals surface area contributed by atoms with E-state index in [2.05, 4.69) is 20.0 Å². The lowest BCUT2D eigenvalue weighted by Gasteiger charge is -2.20. The number of anilines is 1. The number of carbonyl (C=O) groups is 2. The highest BCUT2D eigenvalue weighted by molar-refractivity contribution is 7.10. The van der Waals surface area contributed by atoms with Gasteiger partial charge in [0.2, 0.25) is 16.9 Å². The lowest BCUT2D eigenvalue weighted by atomic mass is 9.87. The van der Waals surface area contributed by atoms with Crippen LogP contribution in [-0.4, -0.2) is 27.7 Å². The summed E-state index contributed by atoms with van der Waals surface area (Å²) in [5.74, 6) is 0.715. The lowest BCUT2D eigenvalue weighted by Crippen LogP contribution is -2.34. The van der Waals surface area contributed by atoms with Crippen LogP contribution in [0.5, 0.6) is 0 Å². The first-order valence-corrected chi connectivity index (χ1v) is 9.44. The van der Waals surface area contributed by atoms with Crippen LogP contribution in [0.15, 0.2) is 30.3 Å². The third kappa shape index (κ3) is 5.35. The fraction of sp³-hybridized carbons (Fsp3) is 0.444. The standard InChI is InChI=1S/C18H22N4O2S/c23-15(11-13-7-3-1-4-8-13)19-12-16(24)20-18-21-17(22-25-18)14-9-5-2-6-10-14/h2,5-6,9-10,13H,1,3-4,7-8,11-12H2,(H,19,23)(H,20,21,22,24). The minimum Gasteiger partial charge on any atom is -0.347 e. The van der Waals surface area contributed by atoms with Crippen LogP contribution in [0.2, 0.25) is 0 Å².